The molecule has 1 aliphatic rings. The molecular formula is C16H25N3O2S. The fourth-order valence-electron chi connectivity index (χ4n) is 2.92. The molecule has 22 heavy (non-hydrogen) atoms. The summed E-state index contributed by atoms with van der Waals surface area (Å²) in [5, 5.41) is 3.71. The highest BCUT2D eigenvalue weighted by atomic mass is 32.2. The van der Waals surface area contributed by atoms with E-state index in [1.807, 2.05) is 13.2 Å². The number of hydrogen-bond acceptors (Lipinski definition) is 4. The Labute approximate surface area is 135 Å². The second-order valence-electron chi connectivity index (χ2n) is 6.16. The number of aromatic nitrogens is 2. The van der Waals surface area contributed by atoms with Crippen LogP contribution in [0.3, 0.4) is 0 Å². The maximum atomic E-state index is 12.1. The predicted octanol–water partition coefficient (Wildman–Crippen LogP) is 2.43. The molecule has 0 aromatic carbocycles. The lowest BCUT2D eigenvalue weighted by Crippen LogP contribution is -2.37. The molecule has 0 aliphatic heterocycles. The Bertz CT molecular complexity index is 577. The van der Waals surface area contributed by atoms with Gasteiger partial charge in [-0.3, -0.25) is 9.59 Å². The molecule has 1 amide bonds. The summed E-state index contributed by atoms with van der Waals surface area (Å²) in [6.07, 6.45) is 7.16. The highest BCUT2D eigenvalue weighted by molar-refractivity contribution is 7.98. The average Bonchev–Trinajstić information content (AvgIpc) is 2.48. The molecule has 0 unspecified atom stereocenters. The van der Waals surface area contributed by atoms with Crippen molar-refractivity contribution < 1.29 is 4.79 Å². The van der Waals surface area contributed by atoms with Gasteiger partial charge in [-0.1, -0.05) is 18.7 Å². The summed E-state index contributed by atoms with van der Waals surface area (Å²) in [4.78, 5) is 31.2. The van der Waals surface area contributed by atoms with Gasteiger partial charge in [0.15, 0.2) is 5.16 Å². The van der Waals surface area contributed by atoms with E-state index in [-0.39, 0.29) is 11.5 Å². The Morgan fingerprint density at radius 3 is 2.64 bits per heavy atom. The van der Waals surface area contributed by atoms with Gasteiger partial charge in [-0.15, -0.1) is 0 Å². The Morgan fingerprint density at radius 2 is 2.05 bits per heavy atom. The molecule has 1 heterocycles. The van der Waals surface area contributed by atoms with Gasteiger partial charge in [0.05, 0.1) is 0 Å². The van der Waals surface area contributed by atoms with Crippen LogP contribution in [0.5, 0.6) is 0 Å². The normalized spacial score (nSPS) is 21.6. The molecule has 0 radical (unpaired) electrons. The van der Waals surface area contributed by atoms with Crippen molar-refractivity contribution in [1.82, 2.24) is 15.3 Å². The summed E-state index contributed by atoms with van der Waals surface area (Å²) in [7, 11) is 0. The summed E-state index contributed by atoms with van der Waals surface area (Å²) in [6, 6.07) is 0.306. The molecule has 6 heteroatoms. The van der Waals surface area contributed by atoms with Gasteiger partial charge in [0.25, 0.3) is 5.56 Å². The van der Waals surface area contributed by atoms with E-state index in [0.29, 0.717) is 35.3 Å². The first-order valence-corrected chi connectivity index (χ1v) is 9.15. The molecule has 0 spiro atoms. The maximum Gasteiger partial charge on any atom is 0.254 e. The van der Waals surface area contributed by atoms with Gasteiger partial charge in [-0.25, -0.2) is 4.98 Å². The minimum Gasteiger partial charge on any atom is -0.353 e. The summed E-state index contributed by atoms with van der Waals surface area (Å²) >= 11 is 1.41. The number of aryl methyl sites for hydroxylation is 1. The first-order chi connectivity index (χ1) is 10.5. The van der Waals surface area contributed by atoms with Crippen LogP contribution < -0.4 is 10.9 Å². The third kappa shape index (κ3) is 4.60. The van der Waals surface area contributed by atoms with Crippen LogP contribution in [-0.4, -0.2) is 28.2 Å². The molecule has 2 rings (SSSR count). The van der Waals surface area contributed by atoms with E-state index in [0.717, 1.165) is 18.8 Å². The number of rotatable bonds is 5. The summed E-state index contributed by atoms with van der Waals surface area (Å²) in [6.45, 7) is 4.09. The molecule has 1 aliphatic carbocycles. The smallest absolute Gasteiger partial charge is 0.254 e. The van der Waals surface area contributed by atoms with E-state index in [1.165, 1.54) is 24.6 Å². The van der Waals surface area contributed by atoms with Crippen LogP contribution in [0, 0.1) is 12.8 Å². The first kappa shape index (κ1) is 17.1. The van der Waals surface area contributed by atoms with E-state index in [9.17, 15) is 9.59 Å². The number of aromatic amines is 1. The number of thioether (sulfide) groups is 1. The molecule has 0 saturated heterocycles. The van der Waals surface area contributed by atoms with Gasteiger partial charge >= 0.3 is 0 Å². The third-order valence-corrected chi connectivity index (χ3v) is 4.96. The highest BCUT2D eigenvalue weighted by Gasteiger charge is 2.20. The van der Waals surface area contributed by atoms with Crippen molar-refractivity contribution in [3.05, 3.63) is 21.6 Å². The second-order valence-corrected chi connectivity index (χ2v) is 6.96. The molecule has 0 bridgehead atoms. The standard InChI is InChI=1S/C16H25N3O2S/c1-10-4-6-12(7-5-10)18-14(20)9-8-13-11(2)17-16(22-3)19-15(13)21/h10,12H,4-9H2,1-3H3,(H,18,20)(H,17,19,21). The molecule has 0 atom stereocenters. The minimum atomic E-state index is -0.129. The number of carbonyl (C=O) groups excluding carboxylic acids is 1. The largest absolute Gasteiger partial charge is 0.353 e. The number of hydrogen-bond donors (Lipinski definition) is 2. The second kappa shape index (κ2) is 7.81. The molecule has 1 fully saturated rings. The third-order valence-electron chi connectivity index (χ3n) is 4.38. The zero-order chi connectivity index (χ0) is 16.1. The van der Waals surface area contributed by atoms with E-state index < -0.39 is 0 Å². The first-order valence-electron chi connectivity index (χ1n) is 7.92. The zero-order valence-corrected chi connectivity index (χ0v) is 14.4. The van der Waals surface area contributed by atoms with Crippen molar-refractivity contribution in [3.63, 3.8) is 0 Å². The van der Waals surface area contributed by atoms with Crippen LogP contribution in [0.2, 0.25) is 0 Å². The van der Waals surface area contributed by atoms with Crippen molar-refractivity contribution >= 4 is 17.7 Å². The van der Waals surface area contributed by atoms with Crippen molar-refractivity contribution in [1.29, 1.82) is 0 Å². The number of nitrogens with one attached hydrogen (secondary N) is 2. The van der Waals surface area contributed by atoms with Crippen LogP contribution in [0.1, 0.15) is 50.3 Å². The monoisotopic (exact) mass is 323 g/mol. The lowest BCUT2D eigenvalue weighted by Gasteiger charge is -2.26. The molecule has 1 aromatic heterocycles. The van der Waals surface area contributed by atoms with E-state index in [1.54, 1.807) is 0 Å². The summed E-state index contributed by atoms with van der Waals surface area (Å²) < 4.78 is 0. The minimum absolute atomic E-state index is 0.0345. The number of amides is 1. The molecule has 5 nitrogen and oxygen atoms in total. The van der Waals surface area contributed by atoms with Crippen LogP contribution in [-0.2, 0) is 11.2 Å². The van der Waals surface area contributed by atoms with Crippen LogP contribution in [0.4, 0.5) is 0 Å². The fourth-order valence-corrected chi connectivity index (χ4v) is 3.34. The van der Waals surface area contributed by atoms with Crippen LogP contribution in [0.25, 0.3) is 0 Å². The van der Waals surface area contributed by atoms with Crippen molar-refractivity contribution in [2.75, 3.05) is 6.26 Å². The van der Waals surface area contributed by atoms with Crippen molar-refractivity contribution in [2.24, 2.45) is 5.92 Å². The van der Waals surface area contributed by atoms with Crippen molar-refractivity contribution in [3.8, 4) is 0 Å². The van der Waals surface area contributed by atoms with E-state index in [4.69, 9.17) is 0 Å². The van der Waals surface area contributed by atoms with E-state index >= 15 is 0 Å². The van der Waals surface area contributed by atoms with Gasteiger partial charge in [0.1, 0.15) is 0 Å². The SMILES string of the molecule is CSc1nc(C)c(CCC(=O)NC2CCC(C)CC2)c(=O)[nH]1. The summed E-state index contributed by atoms with van der Waals surface area (Å²) in [5.74, 6) is 0.808. The quantitative estimate of drug-likeness (QED) is 0.644. The Morgan fingerprint density at radius 1 is 1.36 bits per heavy atom. The van der Waals surface area contributed by atoms with Gasteiger partial charge in [0.2, 0.25) is 5.91 Å². The topological polar surface area (TPSA) is 74.8 Å². The van der Waals surface area contributed by atoms with Gasteiger partial charge < -0.3 is 10.3 Å². The zero-order valence-electron chi connectivity index (χ0n) is 13.6. The fraction of sp³-hybridized carbons (Fsp3) is 0.688. The van der Waals surface area contributed by atoms with Gasteiger partial charge in [0, 0.05) is 23.7 Å². The number of carbonyl (C=O) groups is 1. The Balaban J connectivity index is 1.87. The van der Waals surface area contributed by atoms with E-state index in [2.05, 4.69) is 22.2 Å². The average molecular weight is 323 g/mol. The summed E-state index contributed by atoms with van der Waals surface area (Å²) in [5.41, 5.74) is 1.20. The maximum absolute atomic E-state index is 12.1. The lowest BCUT2D eigenvalue weighted by atomic mass is 9.87. The van der Waals surface area contributed by atoms with Crippen LogP contribution in [0.15, 0.2) is 9.95 Å². The molecule has 2 N–H and O–H groups in total. The van der Waals surface area contributed by atoms with Crippen molar-refractivity contribution in [2.45, 2.75) is 63.6 Å². The molecular weight excluding hydrogens is 298 g/mol. The molecule has 1 aromatic rings. The number of H-pyrrole nitrogens is 1. The number of nitrogens with zero attached hydrogens (tertiary/aromatic N) is 1. The Kier molecular flexibility index (Phi) is 6.06. The molecule has 122 valence electrons. The lowest BCUT2D eigenvalue weighted by molar-refractivity contribution is -0.122. The van der Waals surface area contributed by atoms with Crippen LogP contribution >= 0.6 is 11.8 Å². The highest BCUT2D eigenvalue weighted by Crippen LogP contribution is 2.23. The molecule has 1 saturated carbocycles. The van der Waals surface area contributed by atoms with Gasteiger partial charge in [-0.05, 0) is 51.2 Å². The Hall–Kier alpha value is -1.30. The van der Waals surface area contributed by atoms with Gasteiger partial charge in [-0.2, -0.15) is 0 Å². The predicted molar refractivity (Wildman–Crippen MR) is 89.3 cm³/mol.